The summed E-state index contributed by atoms with van der Waals surface area (Å²) in [4.78, 5) is 0. The summed E-state index contributed by atoms with van der Waals surface area (Å²) in [5.41, 5.74) is 0.525. The van der Waals surface area contributed by atoms with E-state index in [1.807, 2.05) is 0 Å². The summed E-state index contributed by atoms with van der Waals surface area (Å²) in [6.07, 6.45) is 13.7. The minimum atomic E-state index is 0.525. The van der Waals surface area contributed by atoms with Crippen LogP contribution in [0, 0.1) is 29.1 Å². The van der Waals surface area contributed by atoms with Gasteiger partial charge < -0.3 is 0 Å². The van der Waals surface area contributed by atoms with E-state index in [0.29, 0.717) is 5.41 Å². The summed E-state index contributed by atoms with van der Waals surface area (Å²) in [6, 6.07) is 0. The van der Waals surface area contributed by atoms with Crippen molar-refractivity contribution in [2.75, 3.05) is 0 Å². The van der Waals surface area contributed by atoms with Crippen LogP contribution >= 0.6 is 0 Å². The van der Waals surface area contributed by atoms with Crippen molar-refractivity contribution in [3.8, 4) is 0 Å². The molecule has 0 amide bonds. The Bertz CT molecular complexity index is 266. The molecule has 2 aliphatic carbocycles. The SMILES string of the molecule is CC1C=C[C@H](C(C)(C)C2CCC(C)CC2)CC1. The first-order chi connectivity index (χ1) is 8.00. The maximum atomic E-state index is 2.53. The molecule has 0 spiro atoms. The van der Waals surface area contributed by atoms with Crippen molar-refractivity contribution < 1.29 is 0 Å². The second kappa shape index (κ2) is 5.16. The molecule has 1 unspecified atom stereocenters. The van der Waals surface area contributed by atoms with Gasteiger partial charge in [-0.1, -0.05) is 52.7 Å². The van der Waals surface area contributed by atoms with Crippen LogP contribution in [0.25, 0.3) is 0 Å². The molecular formula is C17H30. The molecule has 0 nitrogen and oxygen atoms in total. The van der Waals surface area contributed by atoms with Gasteiger partial charge in [0.1, 0.15) is 0 Å². The van der Waals surface area contributed by atoms with E-state index in [1.54, 1.807) is 0 Å². The maximum Gasteiger partial charge on any atom is -0.0179 e. The van der Waals surface area contributed by atoms with E-state index < -0.39 is 0 Å². The molecule has 98 valence electrons. The van der Waals surface area contributed by atoms with Crippen LogP contribution in [0.2, 0.25) is 0 Å². The van der Waals surface area contributed by atoms with E-state index in [1.165, 1.54) is 38.5 Å². The molecule has 2 atom stereocenters. The highest BCUT2D eigenvalue weighted by molar-refractivity contribution is 5.03. The van der Waals surface area contributed by atoms with Gasteiger partial charge in [-0.15, -0.1) is 0 Å². The van der Waals surface area contributed by atoms with Gasteiger partial charge in [0, 0.05) is 0 Å². The third kappa shape index (κ3) is 2.95. The lowest BCUT2D eigenvalue weighted by atomic mass is 9.61. The predicted octanol–water partition coefficient (Wildman–Crippen LogP) is 5.44. The molecule has 0 aromatic heterocycles. The van der Waals surface area contributed by atoms with E-state index >= 15 is 0 Å². The van der Waals surface area contributed by atoms with Gasteiger partial charge in [0.05, 0.1) is 0 Å². The van der Waals surface area contributed by atoms with Crippen LogP contribution in [0.15, 0.2) is 12.2 Å². The van der Waals surface area contributed by atoms with E-state index in [-0.39, 0.29) is 0 Å². The smallest absolute Gasteiger partial charge is 0.0179 e. The summed E-state index contributed by atoms with van der Waals surface area (Å²) < 4.78 is 0. The van der Waals surface area contributed by atoms with Crippen molar-refractivity contribution >= 4 is 0 Å². The highest BCUT2D eigenvalue weighted by Crippen LogP contribution is 2.47. The summed E-state index contributed by atoms with van der Waals surface area (Å²) in [6.45, 7) is 9.82. The molecule has 2 rings (SSSR count). The minimum absolute atomic E-state index is 0.525. The van der Waals surface area contributed by atoms with Crippen molar-refractivity contribution in [1.29, 1.82) is 0 Å². The van der Waals surface area contributed by atoms with Crippen LogP contribution in [0.5, 0.6) is 0 Å². The average molecular weight is 234 g/mol. The minimum Gasteiger partial charge on any atom is -0.0854 e. The van der Waals surface area contributed by atoms with E-state index in [0.717, 1.165) is 23.7 Å². The number of rotatable bonds is 2. The number of hydrogen-bond donors (Lipinski definition) is 0. The Morgan fingerprint density at radius 2 is 1.47 bits per heavy atom. The van der Waals surface area contributed by atoms with Crippen molar-refractivity contribution in [1.82, 2.24) is 0 Å². The van der Waals surface area contributed by atoms with Gasteiger partial charge in [0.15, 0.2) is 0 Å². The van der Waals surface area contributed by atoms with Crippen LogP contribution in [-0.4, -0.2) is 0 Å². The zero-order valence-corrected chi connectivity index (χ0v) is 12.2. The van der Waals surface area contributed by atoms with Gasteiger partial charge in [0.25, 0.3) is 0 Å². The molecule has 0 N–H and O–H groups in total. The topological polar surface area (TPSA) is 0 Å². The third-order valence-electron chi connectivity index (χ3n) is 5.63. The largest absolute Gasteiger partial charge is 0.0854 e. The van der Waals surface area contributed by atoms with Crippen LogP contribution in [0.4, 0.5) is 0 Å². The number of allylic oxidation sites excluding steroid dienone is 2. The standard InChI is InChI=1S/C17H30/c1-13-5-9-15(10-6-13)17(3,4)16-11-7-14(2)8-12-16/h5,9,13-16H,6-8,10-12H2,1-4H3/t13?,14?,15-,16?/m0/s1. The van der Waals surface area contributed by atoms with Crippen molar-refractivity contribution in [3.63, 3.8) is 0 Å². The van der Waals surface area contributed by atoms with E-state index in [4.69, 9.17) is 0 Å². The van der Waals surface area contributed by atoms with Crippen LogP contribution in [0.3, 0.4) is 0 Å². The first-order valence-corrected chi connectivity index (χ1v) is 7.68. The first-order valence-electron chi connectivity index (χ1n) is 7.68. The molecule has 1 saturated carbocycles. The molecule has 0 aromatic rings. The Morgan fingerprint density at radius 1 is 0.824 bits per heavy atom. The fourth-order valence-electron chi connectivity index (χ4n) is 3.89. The predicted molar refractivity (Wildman–Crippen MR) is 75.9 cm³/mol. The zero-order valence-electron chi connectivity index (χ0n) is 12.2. The van der Waals surface area contributed by atoms with E-state index in [9.17, 15) is 0 Å². The van der Waals surface area contributed by atoms with Crippen LogP contribution < -0.4 is 0 Å². The lowest BCUT2D eigenvalue weighted by Crippen LogP contribution is -2.35. The second-order valence-corrected chi connectivity index (χ2v) is 7.32. The van der Waals surface area contributed by atoms with Gasteiger partial charge in [-0.2, -0.15) is 0 Å². The molecule has 0 aromatic carbocycles. The summed E-state index contributed by atoms with van der Waals surface area (Å²) in [5.74, 6) is 3.58. The Balaban J connectivity index is 2.00. The van der Waals surface area contributed by atoms with E-state index in [2.05, 4.69) is 39.8 Å². The Labute approximate surface area is 108 Å². The Morgan fingerprint density at radius 3 is 2.00 bits per heavy atom. The van der Waals surface area contributed by atoms with Crippen LogP contribution in [-0.2, 0) is 0 Å². The Kier molecular flexibility index (Phi) is 4.00. The molecule has 0 heterocycles. The molecule has 0 saturated heterocycles. The zero-order chi connectivity index (χ0) is 12.5. The number of hydrogen-bond acceptors (Lipinski definition) is 0. The monoisotopic (exact) mass is 234 g/mol. The molecular weight excluding hydrogens is 204 g/mol. The molecule has 1 fully saturated rings. The summed E-state index contributed by atoms with van der Waals surface area (Å²) >= 11 is 0. The van der Waals surface area contributed by atoms with Crippen molar-refractivity contribution in [2.24, 2.45) is 29.1 Å². The van der Waals surface area contributed by atoms with Crippen molar-refractivity contribution in [3.05, 3.63) is 12.2 Å². The second-order valence-electron chi connectivity index (χ2n) is 7.32. The molecule has 0 heteroatoms. The highest BCUT2D eigenvalue weighted by atomic mass is 14.4. The lowest BCUT2D eigenvalue weighted by Gasteiger charge is -2.44. The highest BCUT2D eigenvalue weighted by Gasteiger charge is 2.37. The quantitative estimate of drug-likeness (QED) is 0.558. The maximum absolute atomic E-state index is 2.53. The molecule has 17 heavy (non-hydrogen) atoms. The molecule has 0 aliphatic heterocycles. The summed E-state index contributed by atoms with van der Waals surface area (Å²) in [7, 11) is 0. The lowest BCUT2D eigenvalue weighted by molar-refractivity contribution is 0.0836. The van der Waals surface area contributed by atoms with Gasteiger partial charge >= 0.3 is 0 Å². The van der Waals surface area contributed by atoms with Gasteiger partial charge in [-0.3, -0.25) is 0 Å². The fourth-order valence-corrected chi connectivity index (χ4v) is 3.89. The van der Waals surface area contributed by atoms with Gasteiger partial charge in [0.2, 0.25) is 0 Å². The summed E-state index contributed by atoms with van der Waals surface area (Å²) in [5, 5.41) is 0. The van der Waals surface area contributed by atoms with Crippen molar-refractivity contribution in [2.45, 2.75) is 66.2 Å². The fraction of sp³-hybridized carbons (Fsp3) is 0.882. The van der Waals surface area contributed by atoms with Gasteiger partial charge in [-0.25, -0.2) is 0 Å². The molecule has 0 radical (unpaired) electrons. The Hall–Kier alpha value is -0.260. The van der Waals surface area contributed by atoms with Gasteiger partial charge in [-0.05, 0) is 54.8 Å². The average Bonchev–Trinajstić information content (AvgIpc) is 2.30. The first kappa shape index (κ1) is 13.2. The third-order valence-corrected chi connectivity index (χ3v) is 5.63. The molecule has 0 bridgehead atoms. The van der Waals surface area contributed by atoms with Crippen LogP contribution in [0.1, 0.15) is 66.2 Å². The normalized spacial score (nSPS) is 39.3. The molecule has 2 aliphatic rings.